The maximum absolute atomic E-state index is 13.9. The zero-order valence-corrected chi connectivity index (χ0v) is 52.9. The van der Waals surface area contributed by atoms with Crippen molar-refractivity contribution in [1.29, 1.82) is 0 Å². The number of ether oxygens (including phenoxy) is 1. The average molecular weight is 1260 g/mol. The number of hydrogen-bond acceptors (Lipinski definition) is 9. The van der Waals surface area contributed by atoms with Crippen LogP contribution in [0.3, 0.4) is 0 Å². The molecule has 13 aromatic carbocycles. The van der Waals surface area contributed by atoms with E-state index in [0.29, 0.717) is 34.6 Å². The summed E-state index contributed by atoms with van der Waals surface area (Å²) in [5.74, 6) is 1.75. The number of hydrogen-bond donors (Lipinski definition) is 0. The molecule has 2 aliphatic rings. The Balaban J connectivity index is 0.820. The number of aromatic nitrogens is 6. The van der Waals surface area contributed by atoms with Crippen molar-refractivity contribution in [3.63, 3.8) is 0 Å². The van der Waals surface area contributed by atoms with Gasteiger partial charge in [0.1, 0.15) is 6.61 Å². The molecule has 0 saturated carbocycles. The lowest BCUT2D eigenvalue weighted by molar-refractivity contribution is 0.0473. The number of para-hydroxylation sites is 5. The van der Waals surface area contributed by atoms with Crippen LogP contribution in [0.1, 0.15) is 15.9 Å². The van der Waals surface area contributed by atoms with E-state index in [9.17, 15) is 4.79 Å². The molecule has 3 aromatic heterocycles. The van der Waals surface area contributed by atoms with Crippen molar-refractivity contribution in [2.45, 2.75) is 6.61 Å². The Hall–Kier alpha value is -13.1. The van der Waals surface area contributed by atoms with E-state index >= 15 is 0 Å². The summed E-state index contributed by atoms with van der Waals surface area (Å²) in [6, 6.07) is 115. The molecule has 5 heterocycles. The monoisotopic (exact) mass is 1260 g/mol. The minimum Gasteiger partial charge on any atom is -0.457 e. The molecule has 0 saturated heterocycles. The van der Waals surface area contributed by atoms with Gasteiger partial charge < -0.3 is 19.1 Å². The van der Waals surface area contributed by atoms with Crippen molar-refractivity contribution in [2.75, 3.05) is 9.80 Å². The van der Waals surface area contributed by atoms with Crippen molar-refractivity contribution >= 4 is 85.0 Å². The third-order valence-corrected chi connectivity index (χ3v) is 18.8. The molecule has 0 unspecified atom stereocenters. The zero-order chi connectivity index (χ0) is 65.0. The predicted molar refractivity (Wildman–Crippen MR) is 397 cm³/mol. The molecule has 10 nitrogen and oxygen atoms in total. The first-order chi connectivity index (χ1) is 48.5. The van der Waals surface area contributed by atoms with Gasteiger partial charge in [0, 0.05) is 78.3 Å². The van der Waals surface area contributed by atoms with E-state index in [2.05, 4.69) is 215 Å². The number of benzene rings is 13. The van der Waals surface area contributed by atoms with Crippen molar-refractivity contribution in [2.24, 2.45) is 0 Å². The van der Waals surface area contributed by atoms with E-state index in [1.165, 1.54) is 16.4 Å². The van der Waals surface area contributed by atoms with Gasteiger partial charge in [-0.25, -0.2) is 29.7 Å². The molecule has 0 spiro atoms. The quantitative estimate of drug-likeness (QED) is 0.0825. The lowest BCUT2D eigenvalue weighted by Crippen LogP contribution is -2.61. The Kier molecular flexibility index (Phi) is 14.3. The number of carbonyl (C=O) groups is 1. The fraction of sp³-hybridized carbons (Fsp3) is 0.0115. The van der Waals surface area contributed by atoms with Crippen molar-refractivity contribution in [3.05, 3.63) is 345 Å². The highest BCUT2D eigenvalue weighted by Crippen LogP contribution is 2.47. The molecule has 0 radical (unpaired) electrons. The van der Waals surface area contributed by atoms with Crippen LogP contribution in [0.15, 0.2) is 334 Å². The van der Waals surface area contributed by atoms with Crippen LogP contribution >= 0.6 is 0 Å². The standard InChI is InChI=1S/C87H57BN8O2/c97-87(98-56-57-25-7-1-8-26-57)64-48-50-76-69(52-64)68-37-19-22-40-75(68)96(76)77-49-47-63(86-92-84(60-29-11-3-12-30-60)91-85(93-86)61-31-13-4-14-32-61)51-70(77)74-55-73(59-27-9-2-10-28-59)89-83(90-74)62-45-43-58(44-46-62)65-53-80-82-81(54-65)95(67-35-17-6-18-36-67)79-42-24-21-39-72(79)88(82)71-38-20-23-41-78(71)94(80)66-33-15-5-16-34-66/h1-55H,56H2. The number of fused-ring (bicyclic) bond motifs is 7. The van der Waals surface area contributed by atoms with E-state index in [1.807, 2.05) is 133 Å². The van der Waals surface area contributed by atoms with E-state index < -0.39 is 5.97 Å². The van der Waals surface area contributed by atoms with Crippen LogP contribution in [0.5, 0.6) is 0 Å². The molecular weight excluding hydrogens is 1200 g/mol. The first-order valence-corrected chi connectivity index (χ1v) is 32.9. The van der Waals surface area contributed by atoms with Crippen LogP contribution in [-0.2, 0) is 11.3 Å². The molecule has 16 aromatic rings. The summed E-state index contributed by atoms with van der Waals surface area (Å²) in [6.07, 6.45) is 0. The lowest BCUT2D eigenvalue weighted by Gasteiger charge is -2.44. The first-order valence-electron chi connectivity index (χ1n) is 32.9. The number of rotatable bonds is 13. The summed E-state index contributed by atoms with van der Waals surface area (Å²) in [5.41, 5.74) is 23.2. The average Bonchev–Trinajstić information content (AvgIpc) is 1.03. The maximum atomic E-state index is 13.9. The molecule has 0 bridgehead atoms. The number of carbonyl (C=O) groups excluding carboxylic acids is 1. The second-order valence-electron chi connectivity index (χ2n) is 24.6. The summed E-state index contributed by atoms with van der Waals surface area (Å²) in [7, 11) is 0. The van der Waals surface area contributed by atoms with Crippen LogP contribution in [0.25, 0.3) is 107 Å². The largest absolute Gasteiger partial charge is 0.457 e. The molecule has 2 aliphatic heterocycles. The first kappa shape index (κ1) is 57.5. The molecular formula is C87H57BN8O2. The molecule has 0 fully saturated rings. The minimum atomic E-state index is -0.401. The topological polar surface area (TPSA) is 102 Å². The maximum Gasteiger partial charge on any atom is 0.338 e. The van der Waals surface area contributed by atoms with Crippen molar-refractivity contribution in [1.82, 2.24) is 29.5 Å². The van der Waals surface area contributed by atoms with Gasteiger partial charge in [0.05, 0.1) is 33.7 Å². The van der Waals surface area contributed by atoms with Gasteiger partial charge in [-0.05, 0) is 130 Å². The minimum absolute atomic E-state index is 0.00658. The van der Waals surface area contributed by atoms with Gasteiger partial charge in [0.2, 0.25) is 0 Å². The van der Waals surface area contributed by atoms with Gasteiger partial charge in [-0.2, -0.15) is 0 Å². The summed E-state index contributed by atoms with van der Waals surface area (Å²) in [5, 5.41) is 1.87. The molecule has 98 heavy (non-hydrogen) atoms. The molecule has 460 valence electrons. The van der Waals surface area contributed by atoms with Crippen molar-refractivity contribution < 1.29 is 9.53 Å². The van der Waals surface area contributed by atoms with Crippen LogP contribution in [0, 0.1) is 0 Å². The van der Waals surface area contributed by atoms with Gasteiger partial charge >= 0.3 is 5.97 Å². The summed E-state index contributed by atoms with van der Waals surface area (Å²) >= 11 is 0. The second-order valence-corrected chi connectivity index (χ2v) is 24.6. The third kappa shape index (κ3) is 10.2. The van der Waals surface area contributed by atoms with Gasteiger partial charge in [0.25, 0.3) is 6.71 Å². The highest BCUT2D eigenvalue weighted by atomic mass is 16.5. The van der Waals surface area contributed by atoms with Crippen LogP contribution < -0.4 is 26.2 Å². The Labute approximate surface area is 566 Å². The van der Waals surface area contributed by atoms with Crippen LogP contribution in [0.4, 0.5) is 34.1 Å². The Morgan fingerprint density at radius 3 is 1.39 bits per heavy atom. The fourth-order valence-electron chi connectivity index (χ4n) is 14.2. The van der Waals surface area contributed by atoms with Gasteiger partial charge in [-0.3, -0.25) is 0 Å². The molecule has 18 rings (SSSR count). The summed E-state index contributed by atoms with van der Waals surface area (Å²) in [6.45, 7) is 0.156. The predicted octanol–water partition coefficient (Wildman–Crippen LogP) is 18.9. The van der Waals surface area contributed by atoms with E-state index in [4.69, 9.17) is 29.7 Å². The smallest absolute Gasteiger partial charge is 0.338 e. The number of esters is 1. The number of nitrogens with zero attached hydrogens (tertiary/aromatic N) is 8. The van der Waals surface area contributed by atoms with Crippen LogP contribution in [0.2, 0.25) is 0 Å². The Bertz CT molecular complexity index is 5550. The third-order valence-electron chi connectivity index (χ3n) is 18.8. The van der Waals surface area contributed by atoms with Gasteiger partial charge in [-0.1, -0.05) is 237 Å². The molecule has 0 atom stereocenters. The highest BCUT2D eigenvalue weighted by molar-refractivity contribution is 7.00. The molecule has 11 heteroatoms. The summed E-state index contributed by atoms with van der Waals surface area (Å²) in [4.78, 5) is 45.5. The fourth-order valence-corrected chi connectivity index (χ4v) is 14.2. The zero-order valence-electron chi connectivity index (χ0n) is 52.9. The second kappa shape index (κ2) is 24.3. The van der Waals surface area contributed by atoms with E-state index in [0.717, 1.165) is 117 Å². The van der Waals surface area contributed by atoms with Gasteiger partial charge in [-0.15, -0.1) is 0 Å². The normalized spacial score (nSPS) is 12.1. The molecule has 0 aliphatic carbocycles. The lowest BCUT2D eigenvalue weighted by atomic mass is 9.33. The van der Waals surface area contributed by atoms with Crippen LogP contribution in [-0.4, -0.2) is 42.2 Å². The SMILES string of the molecule is O=C(OCc1ccccc1)c1ccc2c(c1)c1ccccc1n2-c1ccc(-c2nc(-c3ccccc3)nc(-c3ccccc3)n2)cc1-c1cc(-c2ccccc2)nc(-c2ccc(-c3cc4c5c(c3)N(c3ccccc3)c3ccccc3B5c3ccccc3N4c3ccccc3)cc2)n1. The number of anilines is 6. The molecule has 0 amide bonds. The van der Waals surface area contributed by atoms with E-state index in [-0.39, 0.29) is 13.3 Å². The van der Waals surface area contributed by atoms with Crippen molar-refractivity contribution in [3.8, 4) is 84.9 Å². The molecule has 0 N–H and O–H groups in total. The van der Waals surface area contributed by atoms with Gasteiger partial charge in [0.15, 0.2) is 23.3 Å². The summed E-state index contributed by atoms with van der Waals surface area (Å²) < 4.78 is 8.18. The highest BCUT2D eigenvalue weighted by Gasteiger charge is 2.43. The Morgan fingerprint density at radius 2 is 0.786 bits per heavy atom. The van der Waals surface area contributed by atoms with E-state index in [1.54, 1.807) is 0 Å². The Morgan fingerprint density at radius 1 is 0.327 bits per heavy atom.